The van der Waals surface area contributed by atoms with Gasteiger partial charge in [-0.3, -0.25) is 10.1 Å². The highest BCUT2D eigenvalue weighted by atomic mass is 16.6. The van der Waals surface area contributed by atoms with E-state index in [4.69, 9.17) is 9.47 Å². The Morgan fingerprint density at radius 1 is 0.926 bits per heavy atom. The molecule has 1 fully saturated rings. The molecule has 27 heavy (non-hydrogen) atoms. The lowest BCUT2D eigenvalue weighted by Crippen LogP contribution is -2.37. The highest BCUT2D eigenvalue weighted by Gasteiger charge is 2.29. The predicted molar refractivity (Wildman–Crippen MR) is 103 cm³/mol. The van der Waals surface area contributed by atoms with E-state index in [-0.39, 0.29) is 25.0 Å². The molecule has 3 rings (SSSR count). The summed E-state index contributed by atoms with van der Waals surface area (Å²) in [5, 5.41) is 2.31. The van der Waals surface area contributed by atoms with E-state index in [2.05, 4.69) is 17.4 Å². The average molecular weight is 367 g/mol. The van der Waals surface area contributed by atoms with E-state index in [0.29, 0.717) is 5.75 Å². The molecule has 142 valence electrons. The second-order valence-corrected chi connectivity index (χ2v) is 6.71. The Hall–Kier alpha value is -2.82. The number of carbonyl (C=O) groups is 2. The maximum atomic E-state index is 12.1. The van der Waals surface area contributed by atoms with Crippen LogP contribution in [0.4, 0.5) is 4.79 Å². The van der Waals surface area contributed by atoms with Gasteiger partial charge in [0.15, 0.2) is 0 Å². The lowest BCUT2D eigenvalue weighted by Gasteiger charge is -2.31. The Morgan fingerprint density at radius 2 is 1.59 bits per heavy atom. The van der Waals surface area contributed by atoms with Gasteiger partial charge in [-0.05, 0) is 37.0 Å². The fourth-order valence-corrected chi connectivity index (χ4v) is 3.44. The number of benzene rings is 2. The summed E-state index contributed by atoms with van der Waals surface area (Å²) >= 11 is 0. The number of imide groups is 1. The number of alkyl carbamates (subject to hydrolysis) is 1. The third kappa shape index (κ3) is 5.84. The van der Waals surface area contributed by atoms with Gasteiger partial charge in [0.1, 0.15) is 11.9 Å². The molecule has 0 aromatic heterocycles. The van der Waals surface area contributed by atoms with Gasteiger partial charge in [0.2, 0.25) is 5.91 Å². The van der Waals surface area contributed by atoms with Crippen LogP contribution in [0.2, 0.25) is 0 Å². The molecule has 0 bridgehead atoms. The molecule has 0 heterocycles. The van der Waals surface area contributed by atoms with Crippen molar-refractivity contribution >= 4 is 12.0 Å². The minimum atomic E-state index is -0.674. The van der Waals surface area contributed by atoms with Gasteiger partial charge < -0.3 is 9.47 Å². The largest absolute Gasteiger partial charge is 0.493 e. The second kappa shape index (κ2) is 9.76. The van der Waals surface area contributed by atoms with Gasteiger partial charge in [-0.1, -0.05) is 55.0 Å². The molecule has 2 amide bonds. The smallest absolute Gasteiger partial charge is 0.414 e. The van der Waals surface area contributed by atoms with Gasteiger partial charge in [-0.15, -0.1) is 0 Å². The first-order valence-corrected chi connectivity index (χ1v) is 9.45. The van der Waals surface area contributed by atoms with Crippen molar-refractivity contribution in [3.63, 3.8) is 0 Å². The first kappa shape index (κ1) is 19.0. The first-order chi connectivity index (χ1) is 13.2. The van der Waals surface area contributed by atoms with Crippen LogP contribution in [0.1, 0.15) is 43.6 Å². The molecule has 2 aromatic carbocycles. The average Bonchev–Trinajstić information content (AvgIpc) is 2.70. The van der Waals surface area contributed by atoms with Gasteiger partial charge in [0, 0.05) is 5.92 Å². The Labute approximate surface area is 159 Å². The van der Waals surface area contributed by atoms with E-state index in [1.807, 2.05) is 48.5 Å². The van der Waals surface area contributed by atoms with Crippen LogP contribution in [-0.4, -0.2) is 24.7 Å². The number of nitrogens with one attached hydrogen (secondary N) is 1. The normalized spacial score (nSPS) is 19.1. The van der Waals surface area contributed by atoms with Crippen LogP contribution >= 0.6 is 0 Å². The van der Waals surface area contributed by atoms with Crippen molar-refractivity contribution in [2.24, 2.45) is 0 Å². The number of ether oxygens (including phenoxy) is 2. The summed E-state index contributed by atoms with van der Waals surface area (Å²) in [6.45, 7) is 0.208. The molecule has 0 radical (unpaired) electrons. The summed E-state index contributed by atoms with van der Waals surface area (Å²) < 4.78 is 11.1. The fourth-order valence-electron chi connectivity index (χ4n) is 3.44. The zero-order valence-electron chi connectivity index (χ0n) is 15.3. The molecule has 0 aliphatic heterocycles. The van der Waals surface area contributed by atoms with Crippen LogP contribution in [0, 0.1) is 0 Å². The minimum absolute atomic E-state index is 0.0940. The Kier molecular flexibility index (Phi) is 6.85. The summed E-state index contributed by atoms with van der Waals surface area (Å²) in [7, 11) is 0. The molecule has 1 saturated carbocycles. The summed E-state index contributed by atoms with van der Waals surface area (Å²) in [5.74, 6) is 0.478. The predicted octanol–water partition coefficient (Wildman–Crippen LogP) is 4.43. The Morgan fingerprint density at radius 3 is 2.33 bits per heavy atom. The van der Waals surface area contributed by atoms with Crippen molar-refractivity contribution in [3.05, 3.63) is 66.2 Å². The van der Waals surface area contributed by atoms with Gasteiger partial charge in [0.05, 0.1) is 13.0 Å². The lowest BCUT2D eigenvalue weighted by molar-refractivity contribution is -0.121. The molecule has 1 N–H and O–H groups in total. The van der Waals surface area contributed by atoms with E-state index >= 15 is 0 Å². The molecular weight excluding hydrogens is 342 g/mol. The van der Waals surface area contributed by atoms with Crippen molar-refractivity contribution in [2.45, 2.75) is 44.1 Å². The molecule has 5 heteroatoms. The first-order valence-electron chi connectivity index (χ1n) is 9.45. The van der Waals surface area contributed by atoms with Crippen LogP contribution in [-0.2, 0) is 9.53 Å². The van der Waals surface area contributed by atoms with Crippen LogP contribution < -0.4 is 10.1 Å². The zero-order valence-corrected chi connectivity index (χ0v) is 15.3. The van der Waals surface area contributed by atoms with Gasteiger partial charge >= 0.3 is 6.09 Å². The summed E-state index contributed by atoms with van der Waals surface area (Å²) in [5.41, 5.74) is 1.18. The van der Waals surface area contributed by atoms with E-state index < -0.39 is 12.0 Å². The zero-order chi connectivity index (χ0) is 18.9. The van der Waals surface area contributed by atoms with Gasteiger partial charge in [-0.25, -0.2) is 4.79 Å². The molecule has 2 atom stereocenters. The van der Waals surface area contributed by atoms with E-state index in [1.54, 1.807) is 0 Å². The van der Waals surface area contributed by atoms with Gasteiger partial charge in [-0.2, -0.15) is 0 Å². The second-order valence-electron chi connectivity index (χ2n) is 6.71. The highest BCUT2D eigenvalue weighted by Crippen LogP contribution is 2.34. The molecule has 1 aliphatic carbocycles. The standard InChI is InChI=1S/C22H25NO4/c24-21(15-16-26-18-11-5-2-6-12-18)23-22(25)27-20-14-8-7-13-19(20)17-9-3-1-4-10-17/h1-6,9-12,19-20H,7-8,13-16H2,(H,23,24,25)/t19-,20+/m0/s1. The van der Waals surface area contributed by atoms with Crippen LogP contribution in [0.25, 0.3) is 0 Å². The Balaban J connectivity index is 1.45. The van der Waals surface area contributed by atoms with Crippen molar-refractivity contribution < 1.29 is 19.1 Å². The minimum Gasteiger partial charge on any atom is -0.493 e. The number of amides is 2. The van der Waals surface area contributed by atoms with Crippen LogP contribution in [0.3, 0.4) is 0 Å². The molecule has 0 spiro atoms. The quantitative estimate of drug-likeness (QED) is 0.820. The molecule has 0 unspecified atom stereocenters. The van der Waals surface area contributed by atoms with Gasteiger partial charge in [0.25, 0.3) is 0 Å². The van der Waals surface area contributed by atoms with E-state index in [9.17, 15) is 9.59 Å². The monoisotopic (exact) mass is 367 g/mol. The molecule has 1 aliphatic rings. The van der Waals surface area contributed by atoms with Crippen molar-refractivity contribution in [3.8, 4) is 5.75 Å². The molecule has 5 nitrogen and oxygen atoms in total. The topological polar surface area (TPSA) is 64.6 Å². The summed E-state index contributed by atoms with van der Waals surface area (Å²) in [6, 6.07) is 19.4. The van der Waals surface area contributed by atoms with Crippen molar-refractivity contribution in [1.29, 1.82) is 0 Å². The maximum Gasteiger partial charge on any atom is 0.414 e. The van der Waals surface area contributed by atoms with E-state index in [0.717, 1.165) is 25.7 Å². The third-order valence-electron chi connectivity index (χ3n) is 4.77. The number of para-hydroxylation sites is 1. The Bertz CT molecular complexity index is 732. The number of carbonyl (C=O) groups excluding carboxylic acids is 2. The van der Waals surface area contributed by atoms with Crippen molar-refractivity contribution in [2.75, 3.05) is 6.61 Å². The fraction of sp³-hybridized carbons (Fsp3) is 0.364. The summed E-state index contributed by atoms with van der Waals surface area (Å²) in [6.07, 6.45) is 3.18. The molecular formula is C22H25NO4. The third-order valence-corrected chi connectivity index (χ3v) is 4.77. The van der Waals surface area contributed by atoms with E-state index in [1.165, 1.54) is 5.56 Å². The summed E-state index contributed by atoms with van der Waals surface area (Å²) in [4.78, 5) is 24.1. The number of rotatable bonds is 6. The highest BCUT2D eigenvalue weighted by molar-refractivity contribution is 5.91. The number of hydrogen-bond donors (Lipinski definition) is 1. The lowest BCUT2D eigenvalue weighted by atomic mass is 9.81. The number of hydrogen-bond acceptors (Lipinski definition) is 4. The van der Waals surface area contributed by atoms with Crippen LogP contribution in [0.5, 0.6) is 5.75 Å². The van der Waals surface area contributed by atoms with Crippen LogP contribution in [0.15, 0.2) is 60.7 Å². The molecule has 2 aromatic rings. The van der Waals surface area contributed by atoms with Crippen molar-refractivity contribution in [1.82, 2.24) is 5.32 Å². The molecule has 0 saturated heterocycles. The maximum absolute atomic E-state index is 12.1. The SMILES string of the molecule is O=C(CCOc1ccccc1)NC(=O)O[C@@H]1CCCC[C@H]1c1ccccc1.